The van der Waals surface area contributed by atoms with E-state index in [0.717, 1.165) is 30.9 Å². The number of nitrogens with zero attached hydrogens (tertiary/aromatic N) is 2. The highest BCUT2D eigenvalue weighted by Crippen LogP contribution is 2.52. The van der Waals surface area contributed by atoms with Gasteiger partial charge in [0.1, 0.15) is 5.78 Å². The number of Topliss-reactive ketones (excluding diaryl/α,β-unsaturated/α-hetero) is 1. The van der Waals surface area contributed by atoms with Gasteiger partial charge in [-0.3, -0.25) is 4.79 Å². The van der Waals surface area contributed by atoms with E-state index in [1.807, 2.05) is 12.5 Å². The van der Waals surface area contributed by atoms with Crippen LogP contribution in [0, 0.1) is 11.3 Å². The van der Waals surface area contributed by atoms with Crippen molar-refractivity contribution in [3.8, 4) is 11.3 Å². The van der Waals surface area contributed by atoms with Gasteiger partial charge in [0.05, 0.1) is 24.3 Å². The van der Waals surface area contributed by atoms with Crippen LogP contribution in [-0.2, 0) is 4.79 Å². The predicted molar refractivity (Wildman–Crippen MR) is 89.1 cm³/mol. The molecule has 2 aromatic rings. The molecule has 6 rings (SSSR count). The second-order valence-corrected chi connectivity index (χ2v) is 7.68. The van der Waals surface area contributed by atoms with Crippen LogP contribution in [0.3, 0.4) is 0 Å². The van der Waals surface area contributed by atoms with Gasteiger partial charge in [-0.25, -0.2) is 4.98 Å². The fourth-order valence-corrected chi connectivity index (χ4v) is 5.20. The minimum absolute atomic E-state index is 0.00692. The zero-order valence-electron chi connectivity index (χ0n) is 13.4. The standard InChI is InChI=1S/C20H22N2O/c23-19(20-8-5-14(6-9-20)7-10-20)11-17-15-3-1-2-4-16(15)18-12-21-13-22(17)18/h1-4,12-14,17H,5-11H2. The second kappa shape index (κ2) is 4.80. The molecule has 3 heteroatoms. The van der Waals surface area contributed by atoms with Crippen LogP contribution in [-0.4, -0.2) is 15.3 Å². The minimum atomic E-state index is -0.00692. The Kier molecular flexibility index (Phi) is 2.82. The maximum Gasteiger partial charge on any atom is 0.141 e. The quantitative estimate of drug-likeness (QED) is 0.843. The Morgan fingerprint density at radius 3 is 2.70 bits per heavy atom. The zero-order valence-corrected chi connectivity index (χ0v) is 13.4. The molecule has 1 aromatic heterocycles. The Labute approximate surface area is 136 Å². The van der Waals surface area contributed by atoms with Crippen LogP contribution in [0.1, 0.15) is 56.6 Å². The first-order chi connectivity index (χ1) is 11.3. The lowest BCUT2D eigenvalue weighted by molar-refractivity contribution is -0.135. The molecule has 0 saturated heterocycles. The number of fused-ring (bicyclic) bond motifs is 6. The summed E-state index contributed by atoms with van der Waals surface area (Å²) in [5.74, 6) is 1.40. The molecular formula is C20H22N2O. The van der Waals surface area contributed by atoms with Crippen molar-refractivity contribution in [1.82, 2.24) is 9.55 Å². The van der Waals surface area contributed by atoms with Gasteiger partial charge in [-0.05, 0) is 50.0 Å². The van der Waals surface area contributed by atoms with E-state index in [0.29, 0.717) is 12.2 Å². The molecule has 2 bridgehead atoms. The summed E-state index contributed by atoms with van der Waals surface area (Å²) in [6, 6.07) is 8.62. The molecule has 1 aliphatic heterocycles. The maximum atomic E-state index is 13.2. The van der Waals surface area contributed by atoms with E-state index in [1.165, 1.54) is 30.4 Å². The Morgan fingerprint density at radius 1 is 1.17 bits per heavy atom. The average Bonchev–Trinajstić information content (AvgIpc) is 3.19. The van der Waals surface area contributed by atoms with Crippen LogP contribution in [0.5, 0.6) is 0 Å². The van der Waals surface area contributed by atoms with E-state index in [1.54, 1.807) is 0 Å². The van der Waals surface area contributed by atoms with E-state index in [-0.39, 0.29) is 11.5 Å². The summed E-state index contributed by atoms with van der Waals surface area (Å²) in [6.45, 7) is 0. The molecule has 0 radical (unpaired) electrons. The second-order valence-electron chi connectivity index (χ2n) is 7.68. The third-order valence-electron chi connectivity index (χ3n) is 6.66. The van der Waals surface area contributed by atoms with Crippen molar-refractivity contribution in [3.05, 3.63) is 42.4 Å². The lowest BCUT2D eigenvalue weighted by atomic mass is 9.58. The highest BCUT2D eigenvalue weighted by atomic mass is 16.1. The summed E-state index contributed by atoms with van der Waals surface area (Å²) in [7, 11) is 0. The molecule has 3 aliphatic carbocycles. The van der Waals surface area contributed by atoms with Gasteiger partial charge in [0.2, 0.25) is 0 Å². The predicted octanol–water partition coefficient (Wildman–Crippen LogP) is 4.38. The molecule has 0 N–H and O–H groups in total. The first-order valence-electron chi connectivity index (χ1n) is 8.91. The normalized spacial score (nSPS) is 31.0. The van der Waals surface area contributed by atoms with Crippen molar-refractivity contribution in [2.75, 3.05) is 0 Å². The fourth-order valence-electron chi connectivity index (χ4n) is 5.20. The highest BCUT2D eigenvalue weighted by Gasteiger charge is 2.46. The molecular weight excluding hydrogens is 284 g/mol. The number of rotatable bonds is 3. The summed E-state index contributed by atoms with van der Waals surface area (Å²) in [5.41, 5.74) is 3.68. The first kappa shape index (κ1) is 13.5. The number of aromatic nitrogens is 2. The van der Waals surface area contributed by atoms with Gasteiger partial charge in [-0.1, -0.05) is 24.3 Å². The number of benzene rings is 1. The number of hydrogen-bond acceptors (Lipinski definition) is 2. The SMILES string of the molecule is O=C(CC1c2ccccc2-c2cncn21)C12CCC(CC1)CC2. The van der Waals surface area contributed by atoms with Crippen LogP contribution < -0.4 is 0 Å². The number of carbonyl (C=O) groups excluding carboxylic acids is 1. The van der Waals surface area contributed by atoms with E-state index in [4.69, 9.17) is 0 Å². The van der Waals surface area contributed by atoms with Crippen molar-refractivity contribution in [1.29, 1.82) is 0 Å². The third kappa shape index (κ3) is 1.89. The van der Waals surface area contributed by atoms with Gasteiger partial charge in [0, 0.05) is 17.4 Å². The summed E-state index contributed by atoms with van der Waals surface area (Å²) in [5, 5.41) is 0. The van der Waals surface area contributed by atoms with Gasteiger partial charge in [-0.2, -0.15) is 0 Å². The maximum absolute atomic E-state index is 13.2. The first-order valence-corrected chi connectivity index (χ1v) is 8.91. The smallest absolute Gasteiger partial charge is 0.141 e. The molecule has 0 amide bonds. The van der Waals surface area contributed by atoms with Crippen molar-refractivity contribution >= 4 is 5.78 Å². The summed E-state index contributed by atoms with van der Waals surface area (Å²) in [6.07, 6.45) is 11.6. The molecule has 0 spiro atoms. The Hall–Kier alpha value is -1.90. The topological polar surface area (TPSA) is 34.9 Å². The van der Waals surface area contributed by atoms with Crippen LogP contribution >= 0.6 is 0 Å². The number of imidazole rings is 1. The molecule has 2 heterocycles. The summed E-state index contributed by atoms with van der Waals surface area (Å²) in [4.78, 5) is 17.5. The number of carbonyl (C=O) groups is 1. The van der Waals surface area contributed by atoms with Gasteiger partial charge >= 0.3 is 0 Å². The molecule has 3 fully saturated rings. The Balaban J connectivity index is 1.48. The number of hydrogen-bond donors (Lipinski definition) is 0. The van der Waals surface area contributed by atoms with E-state index >= 15 is 0 Å². The molecule has 1 atom stereocenters. The van der Waals surface area contributed by atoms with Crippen molar-refractivity contribution in [3.63, 3.8) is 0 Å². The fraction of sp³-hybridized carbons (Fsp3) is 0.500. The van der Waals surface area contributed by atoms with Crippen molar-refractivity contribution in [2.45, 2.75) is 51.0 Å². The monoisotopic (exact) mass is 306 g/mol. The van der Waals surface area contributed by atoms with Crippen LogP contribution in [0.25, 0.3) is 11.3 Å². The third-order valence-corrected chi connectivity index (χ3v) is 6.66. The zero-order chi connectivity index (χ0) is 15.4. The largest absolute Gasteiger partial charge is 0.323 e. The highest BCUT2D eigenvalue weighted by molar-refractivity contribution is 5.87. The van der Waals surface area contributed by atoms with Gasteiger partial charge in [0.15, 0.2) is 0 Å². The molecule has 1 unspecified atom stereocenters. The lowest BCUT2D eigenvalue weighted by Gasteiger charge is -2.45. The summed E-state index contributed by atoms with van der Waals surface area (Å²) >= 11 is 0. The van der Waals surface area contributed by atoms with Gasteiger partial charge in [0.25, 0.3) is 0 Å². The summed E-state index contributed by atoms with van der Waals surface area (Å²) < 4.78 is 2.20. The molecule has 118 valence electrons. The number of ketones is 1. The van der Waals surface area contributed by atoms with Crippen molar-refractivity contribution in [2.24, 2.45) is 11.3 Å². The molecule has 3 saturated carbocycles. The molecule has 3 nitrogen and oxygen atoms in total. The van der Waals surface area contributed by atoms with Crippen LogP contribution in [0.2, 0.25) is 0 Å². The van der Waals surface area contributed by atoms with Gasteiger partial charge < -0.3 is 4.57 Å². The average molecular weight is 306 g/mol. The van der Waals surface area contributed by atoms with Crippen molar-refractivity contribution < 1.29 is 4.79 Å². The Bertz CT molecular complexity index is 754. The van der Waals surface area contributed by atoms with Crippen LogP contribution in [0.4, 0.5) is 0 Å². The lowest BCUT2D eigenvalue weighted by Crippen LogP contribution is -2.41. The van der Waals surface area contributed by atoms with Crippen LogP contribution in [0.15, 0.2) is 36.8 Å². The van der Waals surface area contributed by atoms with E-state index in [9.17, 15) is 4.79 Å². The van der Waals surface area contributed by atoms with Gasteiger partial charge in [-0.15, -0.1) is 0 Å². The van der Waals surface area contributed by atoms with E-state index < -0.39 is 0 Å². The minimum Gasteiger partial charge on any atom is -0.323 e. The Morgan fingerprint density at radius 2 is 1.91 bits per heavy atom. The molecule has 1 aromatic carbocycles. The van der Waals surface area contributed by atoms with E-state index in [2.05, 4.69) is 33.8 Å². The molecule has 4 aliphatic rings. The molecule has 23 heavy (non-hydrogen) atoms.